The van der Waals surface area contributed by atoms with E-state index in [4.69, 9.17) is 5.11 Å². The highest BCUT2D eigenvalue weighted by Gasteiger charge is 2.14. The Morgan fingerprint density at radius 1 is 1.25 bits per heavy atom. The standard InChI is InChI=1S/C16H21NO3/c1-11(6-9-15(18)19)17-16(20)14-8-7-12-4-2-3-5-13(12)10-14/h7-8,10-11H,2-6,9H2,1H3,(H,17,20)(H,18,19). The van der Waals surface area contributed by atoms with Gasteiger partial charge in [-0.15, -0.1) is 0 Å². The highest BCUT2D eigenvalue weighted by Crippen LogP contribution is 2.22. The molecule has 2 N–H and O–H groups in total. The van der Waals surface area contributed by atoms with Gasteiger partial charge in [-0.2, -0.15) is 0 Å². The van der Waals surface area contributed by atoms with E-state index >= 15 is 0 Å². The maximum Gasteiger partial charge on any atom is 0.303 e. The quantitative estimate of drug-likeness (QED) is 0.868. The number of carbonyl (C=O) groups is 2. The van der Waals surface area contributed by atoms with Crippen LogP contribution in [-0.4, -0.2) is 23.0 Å². The summed E-state index contributed by atoms with van der Waals surface area (Å²) in [6.07, 6.45) is 5.09. The van der Waals surface area contributed by atoms with Crippen LogP contribution in [0.4, 0.5) is 0 Å². The van der Waals surface area contributed by atoms with Crippen molar-refractivity contribution in [1.82, 2.24) is 5.32 Å². The van der Waals surface area contributed by atoms with Gasteiger partial charge in [0, 0.05) is 18.0 Å². The van der Waals surface area contributed by atoms with Gasteiger partial charge in [0.2, 0.25) is 0 Å². The lowest BCUT2D eigenvalue weighted by atomic mass is 9.90. The minimum absolute atomic E-state index is 0.0750. The van der Waals surface area contributed by atoms with E-state index in [2.05, 4.69) is 5.32 Å². The van der Waals surface area contributed by atoms with E-state index in [1.807, 2.05) is 25.1 Å². The average molecular weight is 275 g/mol. The van der Waals surface area contributed by atoms with Gasteiger partial charge >= 0.3 is 5.97 Å². The molecular formula is C16H21NO3. The van der Waals surface area contributed by atoms with Gasteiger partial charge in [0.1, 0.15) is 0 Å². The first-order valence-electron chi connectivity index (χ1n) is 7.20. The second-order valence-electron chi connectivity index (χ2n) is 5.50. The van der Waals surface area contributed by atoms with Crippen LogP contribution in [0.1, 0.15) is 54.1 Å². The Labute approximate surface area is 119 Å². The summed E-state index contributed by atoms with van der Waals surface area (Å²) >= 11 is 0. The summed E-state index contributed by atoms with van der Waals surface area (Å²) in [4.78, 5) is 22.6. The molecule has 1 aliphatic carbocycles. The molecular weight excluding hydrogens is 254 g/mol. The molecule has 1 aliphatic rings. The zero-order valence-electron chi connectivity index (χ0n) is 11.8. The summed E-state index contributed by atoms with van der Waals surface area (Å²) in [6.45, 7) is 1.83. The Morgan fingerprint density at radius 3 is 2.65 bits per heavy atom. The van der Waals surface area contributed by atoms with Crippen LogP contribution in [-0.2, 0) is 17.6 Å². The summed E-state index contributed by atoms with van der Waals surface area (Å²) in [6, 6.07) is 5.76. The topological polar surface area (TPSA) is 66.4 Å². The Hall–Kier alpha value is -1.84. The number of rotatable bonds is 5. The Morgan fingerprint density at radius 2 is 1.95 bits per heavy atom. The van der Waals surface area contributed by atoms with Crippen molar-refractivity contribution in [3.63, 3.8) is 0 Å². The number of hydrogen-bond donors (Lipinski definition) is 2. The maximum atomic E-state index is 12.1. The SMILES string of the molecule is CC(CCC(=O)O)NC(=O)c1ccc2c(c1)CCCC2. The predicted octanol–water partition coefficient (Wildman–Crippen LogP) is 2.55. The number of carbonyl (C=O) groups excluding carboxylic acids is 1. The van der Waals surface area contributed by atoms with Crippen LogP contribution in [0.2, 0.25) is 0 Å². The van der Waals surface area contributed by atoms with Gasteiger partial charge in [0.05, 0.1) is 0 Å². The number of carboxylic acid groups (broad SMARTS) is 1. The van der Waals surface area contributed by atoms with Crippen molar-refractivity contribution >= 4 is 11.9 Å². The average Bonchev–Trinajstić information content (AvgIpc) is 2.44. The molecule has 0 saturated carbocycles. The van der Waals surface area contributed by atoms with Crippen LogP contribution < -0.4 is 5.32 Å². The van der Waals surface area contributed by atoms with E-state index in [9.17, 15) is 9.59 Å². The molecule has 108 valence electrons. The zero-order chi connectivity index (χ0) is 14.5. The van der Waals surface area contributed by atoms with E-state index in [1.54, 1.807) is 0 Å². The van der Waals surface area contributed by atoms with Gasteiger partial charge in [-0.1, -0.05) is 6.07 Å². The molecule has 0 fully saturated rings. The Balaban J connectivity index is 1.97. The number of amides is 1. The first-order valence-corrected chi connectivity index (χ1v) is 7.20. The first-order chi connectivity index (χ1) is 9.56. The molecule has 1 aromatic carbocycles. The number of hydrogen-bond acceptors (Lipinski definition) is 2. The smallest absolute Gasteiger partial charge is 0.303 e. The summed E-state index contributed by atoms with van der Waals surface area (Å²) in [7, 11) is 0. The number of carboxylic acids is 1. The maximum absolute atomic E-state index is 12.1. The fraction of sp³-hybridized carbons (Fsp3) is 0.500. The second-order valence-corrected chi connectivity index (χ2v) is 5.50. The largest absolute Gasteiger partial charge is 0.481 e. The Bertz CT molecular complexity index is 510. The van der Waals surface area contributed by atoms with Crippen LogP contribution in [0.5, 0.6) is 0 Å². The third-order valence-corrected chi connectivity index (χ3v) is 3.78. The fourth-order valence-electron chi connectivity index (χ4n) is 2.59. The van der Waals surface area contributed by atoms with Crippen molar-refractivity contribution in [2.45, 2.75) is 51.5 Å². The van der Waals surface area contributed by atoms with Crippen molar-refractivity contribution < 1.29 is 14.7 Å². The van der Waals surface area contributed by atoms with Crippen molar-refractivity contribution in [3.05, 3.63) is 34.9 Å². The molecule has 0 heterocycles. The molecule has 0 saturated heterocycles. The molecule has 2 rings (SSSR count). The molecule has 4 heteroatoms. The molecule has 1 unspecified atom stereocenters. The first kappa shape index (κ1) is 14.6. The third-order valence-electron chi connectivity index (χ3n) is 3.78. The minimum Gasteiger partial charge on any atom is -0.481 e. The second kappa shape index (κ2) is 6.55. The van der Waals surface area contributed by atoms with Crippen molar-refractivity contribution in [2.24, 2.45) is 0 Å². The van der Waals surface area contributed by atoms with Gasteiger partial charge in [0.15, 0.2) is 0 Å². The molecule has 0 bridgehead atoms. The van der Waals surface area contributed by atoms with Crippen LogP contribution >= 0.6 is 0 Å². The highest BCUT2D eigenvalue weighted by atomic mass is 16.4. The van der Waals surface area contributed by atoms with E-state index in [-0.39, 0.29) is 18.4 Å². The number of nitrogens with one attached hydrogen (secondary N) is 1. The molecule has 4 nitrogen and oxygen atoms in total. The molecule has 1 amide bonds. The normalized spacial score (nSPS) is 15.2. The number of aliphatic carboxylic acids is 1. The number of aryl methyl sites for hydroxylation is 2. The molecule has 1 atom stereocenters. The van der Waals surface area contributed by atoms with Crippen LogP contribution in [0.25, 0.3) is 0 Å². The fourth-order valence-corrected chi connectivity index (χ4v) is 2.59. The van der Waals surface area contributed by atoms with Crippen molar-refractivity contribution in [3.8, 4) is 0 Å². The molecule has 0 spiro atoms. The lowest BCUT2D eigenvalue weighted by molar-refractivity contribution is -0.137. The van der Waals surface area contributed by atoms with E-state index in [0.29, 0.717) is 12.0 Å². The van der Waals surface area contributed by atoms with Crippen LogP contribution in [0.3, 0.4) is 0 Å². The number of fused-ring (bicyclic) bond motifs is 1. The van der Waals surface area contributed by atoms with Crippen molar-refractivity contribution in [2.75, 3.05) is 0 Å². The molecule has 0 radical (unpaired) electrons. The predicted molar refractivity (Wildman–Crippen MR) is 76.9 cm³/mol. The van der Waals surface area contributed by atoms with Gasteiger partial charge < -0.3 is 10.4 Å². The van der Waals surface area contributed by atoms with E-state index in [0.717, 1.165) is 12.8 Å². The number of benzene rings is 1. The Kier molecular flexibility index (Phi) is 4.77. The van der Waals surface area contributed by atoms with Gasteiger partial charge in [0.25, 0.3) is 5.91 Å². The lowest BCUT2D eigenvalue weighted by Crippen LogP contribution is -2.33. The zero-order valence-corrected chi connectivity index (χ0v) is 11.8. The third kappa shape index (κ3) is 3.83. The van der Waals surface area contributed by atoms with Gasteiger partial charge in [-0.05, 0) is 62.3 Å². The molecule has 20 heavy (non-hydrogen) atoms. The summed E-state index contributed by atoms with van der Waals surface area (Å²) in [5.74, 6) is -0.948. The van der Waals surface area contributed by atoms with E-state index in [1.165, 1.54) is 24.0 Å². The highest BCUT2D eigenvalue weighted by molar-refractivity contribution is 5.94. The monoisotopic (exact) mass is 275 g/mol. The van der Waals surface area contributed by atoms with Crippen LogP contribution in [0.15, 0.2) is 18.2 Å². The lowest BCUT2D eigenvalue weighted by Gasteiger charge is -2.17. The van der Waals surface area contributed by atoms with Crippen LogP contribution in [0, 0.1) is 0 Å². The molecule has 1 aromatic rings. The molecule has 0 aromatic heterocycles. The summed E-state index contributed by atoms with van der Waals surface area (Å²) in [5, 5.41) is 11.5. The van der Waals surface area contributed by atoms with E-state index < -0.39 is 5.97 Å². The van der Waals surface area contributed by atoms with Gasteiger partial charge in [-0.25, -0.2) is 0 Å². The summed E-state index contributed by atoms with van der Waals surface area (Å²) in [5.41, 5.74) is 3.31. The minimum atomic E-state index is -0.833. The van der Waals surface area contributed by atoms with Crippen molar-refractivity contribution in [1.29, 1.82) is 0 Å². The van der Waals surface area contributed by atoms with Gasteiger partial charge in [-0.3, -0.25) is 9.59 Å². The summed E-state index contributed by atoms with van der Waals surface area (Å²) < 4.78 is 0. The molecule has 0 aliphatic heterocycles.